The van der Waals surface area contributed by atoms with E-state index in [1.165, 1.54) is 0 Å². The Balaban J connectivity index is 3.31. The molecule has 0 bridgehead atoms. The Hall–Kier alpha value is -1.11. The summed E-state index contributed by atoms with van der Waals surface area (Å²) in [6, 6.07) is 0.598. The minimum Gasteiger partial charge on any atom is -0.464 e. The van der Waals surface area contributed by atoms with Crippen molar-refractivity contribution in [3.05, 3.63) is 28.8 Å². The minimum absolute atomic E-state index is 0.00303. The number of nitrogens with zero attached hydrogens (tertiary/aromatic N) is 1. The number of rotatable bonds is 3. The van der Waals surface area contributed by atoms with Gasteiger partial charge in [0.25, 0.3) is 6.43 Å². The molecule has 0 saturated carbocycles. The third-order valence-electron chi connectivity index (χ3n) is 1.83. The van der Waals surface area contributed by atoms with Crippen molar-refractivity contribution in [1.29, 1.82) is 0 Å². The highest BCUT2D eigenvalue weighted by molar-refractivity contribution is 9.08. The molecule has 88 valence electrons. The van der Waals surface area contributed by atoms with E-state index in [4.69, 9.17) is 0 Å². The predicted octanol–water partition coefficient (Wildman–Crippen LogP) is 2.84. The van der Waals surface area contributed by atoms with Crippen LogP contribution in [0.5, 0.6) is 0 Å². The maximum atomic E-state index is 13.3. The molecule has 0 amide bonds. The number of aromatic nitrogens is 1. The van der Waals surface area contributed by atoms with Crippen LogP contribution in [0.15, 0.2) is 6.07 Å². The van der Waals surface area contributed by atoms with Gasteiger partial charge in [-0.3, -0.25) is 0 Å². The molecule has 0 aliphatic heterocycles. The molecule has 0 N–H and O–H groups in total. The van der Waals surface area contributed by atoms with Gasteiger partial charge in [-0.2, -0.15) is 0 Å². The molecule has 3 nitrogen and oxygen atoms in total. The lowest BCUT2D eigenvalue weighted by molar-refractivity contribution is 0.0587. The molecule has 0 fully saturated rings. The largest absolute Gasteiger partial charge is 0.464 e. The third-order valence-corrected chi connectivity index (χ3v) is 2.36. The van der Waals surface area contributed by atoms with Gasteiger partial charge in [-0.1, -0.05) is 15.9 Å². The highest BCUT2D eigenvalue weighted by Crippen LogP contribution is 2.25. The second-order valence-electron chi connectivity index (χ2n) is 2.78. The topological polar surface area (TPSA) is 39.2 Å². The van der Waals surface area contributed by atoms with Gasteiger partial charge in [0.1, 0.15) is 0 Å². The van der Waals surface area contributed by atoms with Gasteiger partial charge < -0.3 is 4.74 Å². The highest BCUT2D eigenvalue weighted by atomic mass is 79.9. The first kappa shape index (κ1) is 13.0. The molecule has 0 radical (unpaired) electrons. The Morgan fingerprint density at radius 3 is 2.69 bits per heavy atom. The fourth-order valence-electron chi connectivity index (χ4n) is 1.08. The van der Waals surface area contributed by atoms with Gasteiger partial charge in [-0.05, 0) is 6.07 Å². The van der Waals surface area contributed by atoms with Gasteiger partial charge >= 0.3 is 5.97 Å². The zero-order valence-corrected chi connectivity index (χ0v) is 9.72. The lowest BCUT2D eigenvalue weighted by atomic mass is 10.2. The lowest BCUT2D eigenvalue weighted by Gasteiger charge is -2.08. The summed E-state index contributed by atoms with van der Waals surface area (Å²) in [5.41, 5.74) is -1.22. The molecule has 0 aliphatic rings. The summed E-state index contributed by atoms with van der Waals surface area (Å²) in [6.07, 6.45) is -2.85. The first-order chi connectivity index (χ1) is 7.51. The Labute approximate surface area is 97.8 Å². The van der Waals surface area contributed by atoms with Crippen molar-refractivity contribution in [1.82, 2.24) is 4.98 Å². The van der Waals surface area contributed by atoms with Crippen LogP contribution in [0.2, 0.25) is 0 Å². The molecule has 1 aromatic heterocycles. The van der Waals surface area contributed by atoms with Crippen molar-refractivity contribution in [3.63, 3.8) is 0 Å². The quantitative estimate of drug-likeness (QED) is 0.636. The number of alkyl halides is 3. The van der Waals surface area contributed by atoms with Crippen LogP contribution in [0.3, 0.4) is 0 Å². The van der Waals surface area contributed by atoms with Crippen LogP contribution in [0.25, 0.3) is 0 Å². The Bertz CT molecular complexity index is 412. The van der Waals surface area contributed by atoms with Crippen LogP contribution >= 0.6 is 15.9 Å². The monoisotopic (exact) mass is 297 g/mol. The second-order valence-corrected chi connectivity index (χ2v) is 3.34. The number of carbonyl (C=O) groups is 1. The lowest BCUT2D eigenvalue weighted by Crippen LogP contribution is -2.11. The first-order valence-electron chi connectivity index (χ1n) is 4.13. The average molecular weight is 298 g/mol. The normalized spacial score (nSPS) is 10.6. The van der Waals surface area contributed by atoms with Gasteiger partial charge in [0, 0.05) is 10.9 Å². The van der Waals surface area contributed by atoms with Crippen LogP contribution in [-0.4, -0.2) is 18.1 Å². The van der Waals surface area contributed by atoms with E-state index < -0.39 is 29.5 Å². The maximum Gasteiger partial charge on any atom is 0.359 e. The SMILES string of the molecule is COC(=O)c1nc(CBr)c(C(F)F)cc1F. The minimum atomic E-state index is -2.85. The zero-order chi connectivity index (χ0) is 12.3. The summed E-state index contributed by atoms with van der Waals surface area (Å²) < 4.78 is 42.5. The summed E-state index contributed by atoms with van der Waals surface area (Å²) in [5, 5.41) is -0.00303. The molecular formula is C9H7BrF3NO2. The number of ether oxygens (including phenoxy) is 1. The first-order valence-corrected chi connectivity index (χ1v) is 5.25. The van der Waals surface area contributed by atoms with E-state index in [1.54, 1.807) is 0 Å². The molecule has 1 aromatic rings. The molecule has 0 unspecified atom stereocenters. The van der Waals surface area contributed by atoms with Gasteiger partial charge in [0.2, 0.25) is 0 Å². The molecule has 0 aliphatic carbocycles. The van der Waals surface area contributed by atoms with Crippen molar-refractivity contribution >= 4 is 21.9 Å². The molecule has 7 heteroatoms. The van der Waals surface area contributed by atoms with Crippen LogP contribution in [0.1, 0.15) is 28.2 Å². The summed E-state index contributed by atoms with van der Waals surface area (Å²) in [7, 11) is 1.05. The standard InChI is InChI=1S/C9H7BrF3NO2/c1-16-9(15)7-5(11)2-4(8(12)13)6(3-10)14-7/h2,8H,3H2,1H3. The Kier molecular flexibility index (Phi) is 4.28. The zero-order valence-electron chi connectivity index (χ0n) is 8.14. The number of hydrogen-bond donors (Lipinski definition) is 0. The van der Waals surface area contributed by atoms with E-state index >= 15 is 0 Å². The second kappa shape index (κ2) is 5.29. The Morgan fingerprint density at radius 2 is 2.25 bits per heavy atom. The molecule has 0 spiro atoms. The van der Waals surface area contributed by atoms with E-state index in [2.05, 4.69) is 25.7 Å². The summed E-state index contributed by atoms with van der Waals surface area (Å²) in [6.45, 7) is 0. The molecule has 0 saturated heterocycles. The van der Waals surface area contributed by atoms with E-state index in [0.29, 0.717) is 6.07 Å². The van der Waals surface area contributed by atoms with E-state index in [1.807, 2.05) is 0 Å². The van der Waals surface area contributed by atoms with E-state index in [0.717, 1.165) is 7.11 Å². The van der Waals surface area contributed by atoms with Gasteiger partial charge in [0.15, 0.2) is 11.5 Å². The number of pyridine rings is 1. The van der Waals surface area contributed by atoms with E-state index in [-0.39, 0.29) is 11.0 Å². The van der Waals surface area contributed by atoms with Crippen molar-refractivity contribution in [2.24, 2.45) is 0 Å². The fourth-order valence-corrected chi connectivity index (χ4v) is 1.53. The van der Waals surface area contributed by atoms with Gasteiger partial charge in [-0.15, -0.1) is 0 Å². The summed E-state index contributed by atoms with van der Waals surface area (Å²) in [4.78, 5) is 14.6. The fraction of sp³-hybridized carbons (Fsp3) is 0.333. The highest BCUT2D eigenvalue weighted by Gasteiger charge is 2.21. The van der Waals surface area contributed by atoms with Gasteiger partial charge in [0.05, 0.1) is 12.8 Å². The summed E-state index contributed by atoms with van der Waals surface area (Å²) >= 11 is 2.94. The molecule has 16 heavy (non-hydrogen) atoms. The average Bonchev–Trinajstić information content (AvgIpc) is 2.27. The molecular weight excluding hydrogens is 291 g/mol. The summed E-state index contributed by atoms with van der Waals surface area (Å²) in [5.74, 6) is -2.12. The molecule has 1 rings (SSSR count). The predicted molar refractivity (Wildman–Crippen MR) is 53.1 cm³/mol. The molecule has 0 atom stereocenters. The van der Waals surface area contributed by atoms with Crippen molar-refractivity contribution < 1.29 is 22.7 Å². The van der Waals surface area contributed by atoms with Crippen molar-refractivity contribution in [2.45, 2.75) is 11.8 Å². The van der Waals surface area contributed by atoms with Crippen LogP contribution in [0, 0.1) is 5.82 Å². The number of esters is 1. The smallest absolute Gasteiger partial charge is 0.359 e. The number of carbonyl (C=O) groups excluding carboxylic acids is 1. The molecule has 1 heterocycles. The van der Waals surface area contributed by atoms with Crippen molar-refractivity contribution in [3.8, 4) is 0 Å². The van der Waals surface area contributed by atoms with Crippen LogP contribution in [0.4, 0.5) is 13.2 Å². The van der Waals surface area contributed by atoms with Crippen LogP contribution < -0.4 is 0 Å². The number of halogens is 4. The number of methoxy groups -OCH3 is 1. The van der Waals surface area contributed by atoms with E-state index in [9.17, 15) is 18.0 Å². The van der Waals surface area contributed by atoms with Gasteiger partial charge in [-0.25, -0.2) is 22.9 Å². The third kappa shape index (κ3) is 2.52. The maximum absolute atomic E-state index is 13.3. The number of hydrogen-bond acceptors (Lipinski definition) is 3. The molecule has 0 aromatic carbocycles. The Morgan fingerprint density at radius 1 is 1.62 bits per heavy atom. The van der Waals surface area contributed by atoms with Crippen LogP contribution in [-0.2, 0) is 10.1 Å². The van der Waals surface area contributed by atoms with Crippen molar-refractivity contribution in [2.75, 3.05) is 7.11 Å².